The van der Waals surface area contributed by atoms with Crippen molar-refractivity contribution in [2.24, 2.45) is 0 Å². The predicted octanol–water partition coefficient (Wildman–Crippen LogP) is 0.476. The van der Waals surface area contributed by atoms with E-state index in [9.17, 15) is 14.4 Å². The summed E-state index contributed by atoms with van der Waals surface area (Å²) in [6, 6.07) is 7.18. The molecule has 1 aromatic rings. The van der Waals surface area contributed by atoms with Gasteiger partial charge in [0.15, 0.2) is 0 Å². The first-order valence-electron chi connectivity index (χ1n) is 7.23. The van der Waals surface area contributed by atoms with Gasteiger partial charge in [-0.25, -0.2) is 4.79 Å². The molecular weight excluding hydrogens is 316 g/mol. The molecule has 2 bridgehead atoms. The molecular formula is C16H18N2O6. The maximum Gasteiger partial charge on any atom is 0.352 e. The molecule has 128 valence electrons. The van der Waals surface area contributed by atoms with E-state index in [4.69, 9.17) is 14.9 Å². The number of benzene rings is 1. The molecule has 1 aromatic carbocycles. The zero-order chi connectivity index (χ0) is 17.9. The van der Waals surface area contributed by atoms with Gasteiger partial charge in [-0.15, -0.1) is 0 Å². The smallest absolute Gasteiger partial charge is 0.352 e. The fourth-order valence-corrected chi connectivity index (χ4v) is 2.26. The number of rotatable bonds is 4. The summed E-state index contributed by atoms with van der Waals surface area (Å²) in [4.78, 5) is 34.3. The van der Waals surface area contributed by atoms with Crippen LogP contribution in [0.5, 0.6) is 11.5 Å². The Hall–Kier alpha value is -2.87. The average molecular weight is 334 g/mol. The largest absolute Gasteiger partial charge is 0.477 e. The number of aliphatic hydroxyl groups excluding tert-OH is 1. The Morgan fingerprint density at radius 3 is 2.21 bits per heavy atom. The molecule has 1 atom stereocenters. The molecule has 8 heteroatoms. The highest BCUT2D eigenvalue weighted by molar-refractivity contribution is 6.00. The van der Waals surface area contributed by atoms with E-state index in [0.29, 0.717) is 0 Å². The summed E-state index contributed by atoms with van der Waals surface area (Å²) in [6.07, 6.45) is 0. The molecule has 1 saturated heterocycles. The summed E-state index contributed by atoms with van der Waals surface area (Å²) in [5, 5.41) is 20.2. The van der Waals surface area contributed by atoms with Gasteiger partial charge >= 0.3 is 5.97 Å². The van der Waals surface area contributed by atoms with Crippen LogP contribution in [0, 0.1) is 0 Å². The van der Waals surface area contributed by atoms with Crippen molar-refractivity contribution in [1.82, 2.24) is 10.2 Å². The number of β-lactam (4-membered cyclic amide) rings is 1. The summed E-state index contributed by atoms with van der Waals surface area (Å²) in [5.74, 6) is -0.130. The maximum atomic E-state index is 11.6. The van der Waals surface area contributed by atoms with Gasteiger partial charge in [-0.1, -0.05) is 6.07 Å². The van der Waals surface area contributed by atoms with E-state index >= 15 is 0 Å². The number of carbonyl (C=O) groups excluding carboxylic acids is 2. The minimum Gasteiger partial charge on any atom is -0.477 e. The first-order chi connectivity index (χ1) is 11.3. The van der Waals surface area contributed by atoms with Crippen molar-refractivity contribution in [1.29, 1.82) is 0 Å². The van der Waals surface area contributed by atoms with Crippen LogP contribution in [-0.4, -0.2) is 52.1 Å². The number of nitrogens with zero attached hydrogens (tertiary/aromatic N) is 1. The van der Waals surface area contributed by atoms with Crippen molar-refractivity contribution in [2.75, 3.05) is 13.2 Å². The Kier molecular flexibility index (Phi) is 5.20. The maximum absolute atomic E-state index is 11.6. The fraction of sp³-hybridized carbons (Fsp3) is 0.312. The number of fused-ring (bicyclic) bond motifs is 2. The summed E-state index contributed by atoms with van der Waals surface area (Å²) in [6.45, 7) is 2.39. The van der Waals surface area contributed by atoms with Gasteiger partial charge in [0.2, 0.25) is 5.91 Å². The highest BCUT2D eigenvalue weighted by atomic mass is 16.5. The van der Waals surface area contributed by atoms with Crippen LogP contribution in [0.2, 0.25) is 0 Å². The second-order valence-electron chi connectivity index (χ2n) is 5.37. The number of hydrogen-bond donors (Lipinski definition) is 3. The quantitative estimate of drug-likeness (QED) is 0.553. The lowest BCUT2D eigenvalue weighted by Gasteiger charge is -2.39. The number of ether oxygens (including phenoxy) is 1. The standard InChI is InChI=1S/C10H14N2O5.C6H4O/c1-5(4-13)8(10(16)17)12-3-7(9(12)15)11-6(2)14;1-2-5-4-6(3-1)7-5/h7,13H,3-4H2,1-2H3,(H,11,14)(H,16,17);1-4H. The van der Waals surface area contributed by atoms with Gasteiger partial charge in [0, 0.05) is 13.0 Å². The number of aliphatic carboxylic acids is 1. The number of likely N-dealkylation sites (tertiary alicyclic amines) is 1. The Balaban J connectivity index is 0.000000242. The van der Waals surface area contributed by atoms with Crippen LogP contribution in [0.4, 0.5) is 0 Å². The van der Waals surface area contributed by atoms with Gasteiger partial charge < -0.3 is 25.2 Å². The number of aliphatic hydroxyl groups is 1. The highest BCUT2D eigenvalue weighted by Crippen LogP contribution is 2.32. The second-order valence-corrected chi connectivity index (χ2v) is 5.37. The molecule has 0 radical (unpaired) electrons. The van der Waals surface area contributed by atoms with E-state index < -0.39 is 24.5 Å². The molecule has 0 aromatic heterocycles. The minimum atomic E-state index is -1.27. The van der Waals surface area contributed by atoms with Crippen molar-refractivity contribution >= 4 is 17.8 Å². The van der Waals surface area contributed by atoms with E-state index in [-0.39, 0.29) is 23.7 Å². The van der Waals surface area contributed by atoms with E-state index in [1.807, 2.05) is 24.3 Å². The third-order valence-corrected chi connectivity index (χ3v) is 3.46. The molecule has 2 amide bonds. The summed E-state index contributed by atoms with van der Waals surface area (Å²) >= 11 is 0. The molecule has 3 aliphatic rings. The van der Waals surface area contributed by atoms with Crippen LogP contribution in [0.15, 0.2) is 35.5 Å². The van der Waals surface area contributed by atoms with Crippen LogP contribution in [0.1, 0.15) is 13.8 Å². The topological polar surface area (TPSA) is 116 Å². The molecule has 3 N–H and O–H groups in total. The van der Waals surface area contributed by atoms with Crippen LogP contribution >= 0.6 is 0 Å². The third-order valence-electron chi connectivity index (χ3n) is 3.46. The molecule has 1 fully saturated rings. The lowest BCUT2D eigenvalue weighted by Crippen LogP contribution is -2.63. The average Bonchev–Trinajstić information content (AvgIpc) is 2.53. The number of hydrogen-bond acceptors (Lipinski definition) is 5. The fourth-order valence-electron chi connectivity index (χ4n) is 2.26. The predicted molar refractivity (Wildman–Crippen MR) is 83.3 cm³/mol. The molecule has 3 aliphatic heterocycles. The van der Waals surface area contributed by atoms with Gasteiger partial charge in [0.1, 0.15) is 23.2 Å². The summed E-state index contributed by atoms with van der Waals surface area (Å²) in [7, 11) is 0. The van der Waals surface area contributed by atoms with Gasteiger partial charge in [-0.05, 0) is 24.6 Å². The van der Waals surface area contributed by atoms with Gasteiger partial charge in [0.25, 0.3) is 5.91 Å². The van der Waals surface area contributed by atoms with Crippen molar-refractivity contribution in [3.63, 3.8) is 0 Å². The van der Waals surface area contributed by atoms with Crippen molar-refractivity contribution in [2.45, 2.75) is 19.9 Å². The molecule has 0 spiro atoms. The second kappa shape index (κ2) is 7.14. The Labute approximate surface area is 138 Å². The van der Waals surface area contributed by atoms with Crippen LogP contribution in [0.3, 0.4) is 0 Å². The zero-order valence-corrected chi connectivity index (χ0v) is 13.3. The minimum absolute atomic E-state index is 0.109. The van der Waals surface area contributed by atoms with Gasteiger partial charge in [-0.3, -0.25) is 9.59 Å². The number of carbonyl (C=O) groups is 3. The van der Waals surface area contributed by atoms with E-state index in [0.717, 1.165) is 16.4 Å². The van der Waals surface area contributed by atoms with Crippen LogP contribution in [0.25, 0.3) is 0 Å². The number of carboxylic acids is 1. The first kappa shape index (κ1) is 17.5. The van der Waals surface area contributed by atoms with Gasteiger partial charge in [-0.2, -0.15) is 0 Å². The first-order valence-corrected chi connectivity index (χ1v) is 7.23. The van der Waals surface area contributed by atoms with Crippen LogP contribution in [-0.2, 0) is 14.4 Å². The van der Waals surface area contributed by atoms with Crippen molar-refractivity contribution in [3.8, 4) is 11.5 Å². The number of amides is 2. The Morgan fingerprint density at radius 1 is 1.33 bits per heavy atom. The highest BCUT2D eigenvalue weighted by Gasteiger charge is 2.41. The Bertz CT molecular complexity index is 688. The zero-order valence-electron chi connectivity index (χ0n) is 13.3. The molecule has 3 heterocycles. The third kappa shape index (κ3) is 3.72. The van der Waals surface area contributed by atoms with Crippen molar-refractivity contribution in [3.05, 3.63) is 35.5 Å². The number of nitrogens with one attached hydrogen (secondary N) is 1. The number of carboxylic acid groups (broad SMARTS) is 1. The Morgan fingerprint density at radius 2 is 1.92 bits per heavy atom. The molecule has 0 aliphatic carbocycles. The molecule has 0 saturated carbocycles. The molecule has 1 unspecified atom stereocenters. The lowest BCUT2D eigenvalue weighted by molar-refractivity contribution is -0.148. The van der Waals surface area contributed by atoms with E-state index in [1.54, 1.807) is 0 Å². The van der Waals surface area contributed by atoms with Crippen LogP contribution < -0.4 is 10.1 Å². The SMILES string of the molecule is CC(=O)NC1CN(C(C(=O)O)=C(C)CO)C1=O.c1cc2cc(c1)O2. The summed E-state index contributed by atoms with van der Waals surface area (Å²) < 4.78 is 5.01. The summed E-state index contributed by atoms with van der Waals surface area (Å²) in [5.41, 5.74) is -0.0220. The molecule has 24 heavy (non-hydrogen) atoms. The molecule has 8 nitrogen and oxygen atoms in total. The molecule has 4 rings (SSSR count). The lowest BCUT2D eigenvalue weighted by atomic mass is 10.0. The van der Waals surface area contributed by atoms with E-state index in [1.165, 1.54) is 13.8 Å². The van der Waals surface area contributed by atoms with Gasteiger partial charge in [0.05, 0.1) is 13.2 Å². The van der Waals surface area contributed by atoms with Crippen molar-refractivity contribution < 1.29 is 29.3 Å². The van der Waals surface area contributed by atoms with E-state index in [2.05, 4.69) is 5.32 Å². The normalized spacial score (nSPS) is 18.0. The monoisotopic (exact) mass is 334 g/mol.